The van der Waals surface area contributed by atoms with Crippen molar-refractivity contribution in [3.63, 3.8) is 0 Å². The summed E-state index contributed by atoms with van der Waals surface area (Å²) in [5.41, 5.74) is 0. The number of hydrogen-bond acceptors (Lipinski definition) is 6. The number of nitrogens with zero attached hydrogens (tertiary/aromatic N) is 2. The summed E-state index contributed by atoms with van der Waals surface area (Å²) in [7, 11) is -3.69. The van der Waals surface area contributed by atoms with Crippen molar-refractivity contribution >= 4 is 15.9 Å². The lowest BCUT2D eigenvalue weighted by Crippen LogP contribution is -2.44. The fraction of sp³-hybridized carbons (Fsp3) is 0.409. The first-order valence-corrected chi connectivity index (χ1v) is 11.6. The molecule has 2 aliphatic heterocycles. The van der Waals surface area contributed by atoms with Crippen molar-refractivity contribution in [3.8, 4) is 23.8 Å². The predicted octanol–water partition coefficient (Wildman–Crippen LogP) is 2.11. The second-order valence-corrected chi connectivity index (χ2v) is 9.40. The van der Waals surface area contributed by atoms with Crippen LogP contribution in [0.4, 0.5) is 0 Å². The Morgan fingerprint density at radius 2 is 1.90 bits per heavy atom. The van der Waals surface area contributed by atoms with Gasteiger partial charge in [0.15, 0.2) is 11.5 Å². The maximum atomic E-state index is 13.1. The molecule has 1 saturated heterocycles. The third-order valence-electron chi connectivity index (χ3n) is 5.48. The molecule has 0 radical (unpaired) electrons. The van der Waals surface area contributed by atoms with Gasteiger partial charge in [-0.15, -0.1) is 6.42 Å². The molecule has 2 aromatic rings. The minimum atomic E-state index is -3.69. The molecule has 4 rings (SSSR count). The predicted molar refractivity (Wildman–Crippen MR) is 112 cm³/mol. The highest BCUT2D eigenvalue weighted by molar-refractivity contribution is 7.89. The Morgan fingerprint density at radius 3 is 2.58 bits per heavy atom. The second kappa shape index (κ2) is 9.04. The molecule has 2 aliphatic rings. The fourth-order valence-corrected chi connectivity index (χ4v) is 5.33. The molecule has 1 aromatic carbocycles. The summed E-state index contributed by atoms with van der Waals surface area (Å²) < 4.78 is 43.9. The molecular formula is C22H24N2O6S. The van der Waals surface area contributed by atoms with E-state index in [0.29, 0.717) is 49.9 Å². The number of piperidine rings is 1. The molecule has 1 fully saturated rings. The number of benzene rings is 1. The van der Waals surface area contributed by atoms with Crippen molar-refractivity contribution in [1.29, 1.82) is 0 Å². The van der Waals surface area contributed by atoms with Crippen LogP contribution < -0.4 is 9.47 Å². The number of amides is 1. The van der Waals surface area contributed by atoms with Crippen LogP contribution in [0.5, 0.6) is 11.5 Å². The molecule has 31 heavy (non-hydrogen) atoms. The third kappa shape index (κ3) is 4.55. The van der Waals surface area contributed by atoms with Gasteiger partial charge in [0.1, 0.15) is 19.0 Å². The average Bonchev–Trinajstić information content (AvgIpc) is 3.31. The van der Waals surface area contributed by atoms with E-state index in [1.807, 2.05) is 0 Å². The Morgan fingerprint density at radius 1 is 1.16 bits per heavy atom. The molecule has 3 heterocycles. The third-order valence-corrected chi connectivity index (χ3v) is 7.37. The van der Waals surface area contributed by atoms with E-state index >= 15 is 0 Å². The summed E-state index contributed by atoms with van der Waals surface area (Å²) in [5, 5.41) is 0. The highest BCUT2D eigenvalue weighted by atomic mass is 32.2. The first-order chi connectivity index (χ1) is 15.0. The SMILES string of the molecule is C#CCN(Cc1ccco1)C(=O)C1CCN(S(=O)(=O)c2ccc3c(c2)OCCO3)CC1. The standard InChI is InChI=1S/C22H24N2O6S/c1-2-9-23(16-18-4-3-12-28-18)22(25)17-7-10-24(11-8-17)31(26,27)19-5-6-20-21(15-19)30-14-13-29-20/h1,3-6,12,15,17H,7-11,13-14,16H2. The zero-order valence-corrected chi connectivity index (χ0v) is 17.8. The topological polar surface area (TPSA) is 89.3 Å². The quantitative estimate of drug-likeness (QED) is 0.634. The van der Waals surface area contributed by atoms with Crippen molar-refractivity contribution in [2.75, 3.05) is 32.8 Å². The van der Waals surface area contributed by atoms with Crippen molar-refractivity contribution in [1.82, 2.24) is 9.21 Å². The van der Waals surface area contributed by atoms with Gasteiger partial charge in [0.25, 0.3) is 0 Å². The molecule has 9 heteroatoms. The normalized spacial score (nSPS) is 17.1. The Labute approximate surface area is 181 Å². The van der Waals surface area contributed by atoms with Crippen LogP contribution in [-0.4, -0.2) is 56.4 Å². The van der Waals surface area contributed by atoms with Crippen molar-refractivity contribution < 1.29 is 27.1 Å². The lowest BCUT2D eigenvalue weighted by molar-refractivity contribution is -0.137. The zero-order chi connectivity index (χ0) is 21.8. The van der Waals surface area contributed by atoms with Gasteiger partial charge < -0.3 is 18.8 Å². The number of rotatable bonds is 6. The van der Waals surface area contributed by atoms with Gasteiger partial charge in [-0.3, -0.25) is 4.79 Å². The van der Waals surface area contributed by atoms with E-state index in [4.69, 9.17) is 20.3 Å². The van der Waals surface area contributed by atoms with Crippen molar-refractivity contribution in [2.45, 2.75) is 24.3 Å². The van der Waals surface area contributed by atoms with Crippen LogP contribution >= 0.6 is 0 Å². The van der Waals surface area contributed by atoms with Gasteiger partial charge >= 0.3 is 0 Å². The van der Waals surface area contributed by atoms with Gasteiger partial charge in [-0.1, -0.05) is 5.92 Å². The van der Waals surface area contributed by atoms with Crippen LogP contribution in [0, 0.1) is 18.3 Å². The summed E-state index contributed by atoms with van der Waals surface area (Å²) >= 11 is 0. The van der Waals surface area contributed by atoms with Gasteiger partial charge in [0.2, 0.25) is 15.9 Å². The molecular weight excluding hydrogens is 420 g/mol. The number of carbonyl (C=O) groups is 1. The summed E-state index contributed by atoms with van der Waals surface area (Å²) in [4.78, 5) is 14.7. The van der Waals surface area contributed by atoms with E-state index in [1.165, 1.54) is 16.4 Å². The van der Waals surface area contributed by atoms with E-state index in [0.717, 1.165) is 0 Å². The van der Waals surface area contributed by atoms with Crippen molar-refractivity contribution in [3.05, 3.63) is 42.4 Å². The summed E-state index contributed by atoms with van der Waals surface area (Å²) in [6.45, 7) is 1.82. The van der Waals surface area contributed by atoms with E-state index in [-0.39, 0.29) is 36.4 Å². The van der Waals surface area contributed by atoms with Gasteiger partial charge in [-0.05, 0) is 37.1 Å². The van der Waals surface area contributed by atoms with Crippen LogP contribution in [0.15, 0.2) is 45.9 Å². The number of sulfonamides is 1. The van der Waals surface area contributed by atoms with E-state index in [1.54, 1.807) is 29.4 Å². The van der Waals surface area contributed by atoms with Gasteiger partial charge in [0.05, 0.1) is 24.2 Å². The van der Waals surface area contributed by atoms with Gasteiger partial charge in [-0.25, -0.2) is 8.42 Å². The summed E-state index contributed by atoms with van der Waals surface area (Å²) in [6, 6.07) is 8.19. The maximum Gasteiger partial charge on any atom is 0.243 e. The minimum absolute atomic E-state index is 0.0780. The molecule has 0 aliphatic carbocycles. The minimum Gasteiger partial charge on any atom is -0.486 e. The highest BCUT2D eigenvalue weighted by Crippen LogP contribution is 2.34. The Bertz CT molecular complexity index is 1070. The molecule has 0 spiro atoms. The molecule has 1 amide bonds. The van der Waals surface area contributed by atoms with Crippen LogP contribution in [0.25, 0.3) is 0 Å². The fourth-order valence-electron chi connectivity index (χ4n) is 3.85. The van der Waals surface area contributed by atoms with Crippen LogP contribution in [0.1, 0.15) is 18.6 Å². The number of hydrogen-bond donors (Lipinski definition) is 0. The zero-order valence-electron chi connectivity index (χ0n) is 17.0. The molecule has 0 saturated carbocycles. The van der Waals surface area contributed by atoms with Gasteiger partial charge in [0, 0.05) is 25.1 Å². The smallest absolute Gasteiger partial charge is 0.243 e. The molecule has 0 N–H and O–H groups in total. The van der Waals surface area contributed by atoms with E-state index in [2.05, 4.69) is 5.92 Å². The van der Waals surface area contributed by atoms with Crippen molar-refractivity contribution in [2.24, 2.45) is 5.92 Å². The van der Waals surface area contributed by atoms with Crippen LogP contribution in [0.2, 0.25) is 0 Å². The van der Waals surface area contributed by atoms with E-state index in [9.17, 15) is 13.2 Å². The molecule has 164 valence electrons. The molecule has 0 bridgehead atoms. The highest BCUT2D eigenvalue weighted by Gasteiger charge is 2.34. The largest absolute Gasteiger partial charge is 0.486 e. The Hall–Kier alpha value is -2.96. The first-order valence-electron chi connectivity index (χ1n) is 10.1. The average molecular weight is 445 g/mol. The number of carbonyl (C=O) groups excluding carboxylic acids is 1. The summed E-state index contributed by atoms with van der Waals surface area (Å²) in [5.74, 6) is 3.78. The Kier molecular flexibility index (Phi) is 6.20. The Balaban J connectivity index is 1.41. The van der Waals surface area contributed by atoms with Gasteiger partial charge in [-0.2, -0.15) is 4.31 Å². The first kappa shape index (κ1) is 21.3. The number of fused-ring (bicyclic) bond motifs is 1. The lowest BCUT2D eigenvalue weighted by Gasteiger charge is -2.33. The monoisotopic (exact) mass is 444 g/mol. The number of ether oxygens (including phenoxy) is 2. The lowest BCUT2D eigenvalue weighted by atomic mass is 9.96. The molecule has 1 aromatic heterocycles. The maximum absolute atomic E-state index is 13.1. The van der Waals surface area contributed by atoms with Crippen LogP contribution in [0.3, 0.4) is 0 Å². The number of terminal acetylenes is 1. The molecule has 0 unspecified atom stereocenters. The second-order valence-electron chi connectivity index (χ2n) is 7.46. The van der Waals surface area contributed by atoms with E-state index < -0.39 is 10.0 Å². The van der Waals surface area contributed by atoms with Crippen LogP contribution in [-0.2, 0) is 21.4 Å². The molecule has 8 nitrogen and oxygen atoms in total. The number of furan rings is 1. The molecule has 0 atom stereocenters. The summed E-state index contributed by atoms with van der Waals surface area (Å²) in [6.07, 6.45) is 7.85.